The van der Waals surface area contributed by atoms with Crippen LogP contribution >= 0.6 is 11.8 Å². The highest BCUT2D eigenvalue weighted by Gasteiger charge is 2.05. The van der Waals surface area contributed by atoms with Crippen LogP contribution in [0, 0.1) is 19.7 Å². The van der Waals surface area contributed by atoms with E-state index >= 15 is 0 Å². The lowest BCUT2D eigenvalue weighted by molar-refractivity contribution is 0.616. The van der Waals surface area contributed by atoms with Crippen molar-refractivity contribution in [3.8, 4) is 0 Å². The van der Waals surface area contributed by atoms with E-state index in [1.807, 2.05) is 18.4 Å². The van der Waals surface area contributed by atoms with E-state index in [0.717, 1.165) is 28.9 Å². The van der Waals surface area contributed by atoms with Crippen molar-refractivity contribution in [2.45, 2.75) is 33.6 Å². The number of benzene rings is 1. The summed E-state index contributed by atoms with van der Waals surface area (Å²) in [6, 6.07) is 3.55. The van der Waals surface area contributed by atoms with Crippen molar-refractivity contribution in [3.63, 3.8) is 0 Å². The molecule has 0 unspecified atom stereocenters. The van der Waals surface area contributed by atoms with Gasteiger partial charge in [0.1, 0.15) is 5.82 Å². The summed E-state index contributed by atoms with van der Waals surface area (Å²) in [5.41, 5.74) is 2.56. The van der Waals surface area contributed by atoms with Crippen molar-refractivity contribution in [1.82, 2.24) is 0 Å². The summed E-state index contributed by atoms with van der Waals surface area (Å²) in [5, 5.41) is 2.03. The molecular weight excluding hydrogens is 231 g/mol. The Morgan fingerprint density at radius 3 is 2.71 bits per heavy atom. The van der Waals surface area contributed by atoms with Crippen LogP contribution in [0.2, 0.25) is 0 Å². The first kappa shape index (κ1) is 14.0. The van der Waals surface area contributed by atoms with Gasteiger partial charge < -0.3 is 0 Å². The molecule has 0 saturated heterocycles. The van der Waals surface area contributed by atoms with Crippen LogP contribution in [-0.2, 0) is 0 Å². The van der Waals surface area contributed by atoms with Crippen molar-refractivity contribution in [2.24, 2.45) is 0 Å². The standard InChI is InChI=1S/C15H19FS/c1-5-6-7-8-17-13(4)14-9-11(2)12(3)15(16)10-14/h7-10H,4-6H2,1-3H3/b8-7-. The summed E-state index contributed by atoms with van der Waals surface area (Å²) in [5.74, 6) is -0.153. The van der Waals surface area contributed by atoms with Gasteiger partial charge in [0.15, 0.2) is 0 Å². The minimum atomic E-state index is -0.153. The van der Waals surface area contributed by atoms with Gasteiger partial charge >= 0.3 is 0 Å². The van der Waals surface area contributed by atoms with E-state index in [4.69, 9.17) is 0 Å². The van der Waals surface area contributed by atoms with Gasteiger partial charge in [-0.25, -0.2) is 4.39 Å². The molecule has 0 nitrogen and oxygen atoms in total. The monoisotopic (exact) mass is 250 g/mol. The maximum atomic E-state index is 13.6. The van der Waals surface area contributed by atoms with Gasteiger partial charge in [-0.15, -0.1) is 0 Å². The van der Waals surface area contributed by atoms with Crippen LogP contribution in [0.25, 0.3) is 4.91 Å². The summed E-state index contributed by atoms with van der Waals surface area (Å²) < 4.78 is 13.6. The second kappa shape index (κ2) is 6.65. The van der Waals surface area contributed by atoms with Crippen LogP contribution in [0.5, 0.6) is 0 Å². The Morgan fingerprint density at radius 2 is 2.12 bits per heavy atom. The van der Waals surface area contributed by atoms with E-state index in [1.54, 1.807) is 24.8 Å². The molecule has 92 valence electrons. The quantitative estimate of drug-likeness (QED) is 0.668. The zero-order chi connectivity index (χ0) is 12.8. The number of hydrogen-bond acceptors (Lipinski definition) is 1. The molecule has 1 aromatic carbocycles. The average molecular weight is 250 g/mol. The van der Waals surface area contributed by atoms with E-state index < -0.39 is 0 Å². The van der Waals surface area contributed by atoms with Crippen molar-refractivity contribution >= 4 is 16.7 Å². The van der Waals surface area contributed by atoms with E-state index in [2.05, 4.69) is 19.6 Å². The molecule has 0 amide bonds. The Morgan fingerprint density at radius 1 is 1.41 bits per heavy atom. The molecule has 0 saturated carbocycles. The Kier molecular flexibility index (Phi) is 5.49. The second-order valence-corrected chi connectivity index (χ2v) is 5.10. The molecule has 0 aliphatic rings. The molecule has 1 rings (SSSR count). The van der Waals surface area contributed by atoms with E-state index in [0.29, 0.717) is 5.56 Å². The second-order valence-electron chi connectivity index (χ2n) is 4.10. The summed E-state index contributed by atoms with van der Waals surface area (Å²) in [6.07, 6.45) is 4.33. The molecule has 0 heterocycles. The number of allylic oxidation sites excluding steroid dienone is 1. The van der Waals surface area contributed by atoms with Gasteiger partial charge in [-0.05, 0) is 48.4 Å². The van der Waals surface area contributed by atoms with Gasteiger partial charge in [-0.2, -0.15) is 0 Å². The SMILES string of the molecule is C=C(S/C=C\CCC)c1cc(C)c(C)c(F)c1. The van der Waals surface area contributed by atoms with Crippen molar-refractivity contribution < 1.29 is 4.39 Å². The van der Waals surface area contributed by atoms with Crippen molar-refractivity contribution in [1.29, 1.82) is 0 Å². The highest BCUT2D eigenvalue weighted by Crippen LogP contribution is 2.29. The molecule has 0 atom stereocenters. The van der Waals surface area contributed by atoms with E-state index in [9.17, 15) is 4.39 Å². The third-order valence-corrected chi connectivity index (χ3v) is 3.54. The van der Waals surface area contributed by atoms with Crippen molar-refractivity contribution in [2.75, 3.05) is 0 Å². The average Bonchev–Trinajstić information content (AvgIpc) is 2.30. The van der Waals surface area contributed by atoms with Gasteiger partial charge in [-0.1, -0.05) is 43.8 Å². The van der Waals surface area contributed by atoms with Crippen LogP contribution in [-0.4, -0.2) is 0 Å². The molecule has 0 N–H and O–H groups in total. The van der Waals surface area contributed by atoms with Gasteiger partial charge in [-0.3, -0.25) is 0 Å². The summed E-state index contributed by atoms with van der Waals surface area (Å²) in [7, 11) is 0. The number of hydrogen-bond donors (Lipinski definition) is 0. The topological polar surface area (TPSA) is 0 Å². The van der Waals surface area contributed by atoms with Crippen LogP contribution in [0.15, 0.2) is 30.2 Å². The first-order chi connectivity index (χ1) is 8.06. The normalized spacial score (nSPS) is 11.1. The smallest absolute Gasteiger partial charge is 0.127 e. The molecule has 0 bridgehead atoms. The minimum absolute atomic E-state index is 0.153. The maximum absolute atomic E-state index is 13.6. The molecule has 0 aliphatic carbocycles. The lowest BCUT2D eigenvalue weighted by Crippen LogP contribution is -1.90. The summed E-state index contributed by atoms with van der Waals surface area (Å²) >= 11 is 1.55. The molecule has 0 aliphatic heterocycles. The summed E-state index contributed by atoms with van der Waals surface area (Å²) in [4.78, 5) is 0.888. The highest BCUT2D eigenvalue weighted by molar-refractivity contribution is 8.10. The maximum Gasteiger partial charge on any atom is 0.127 e. The lowest BCUT2D eigenvalue weighted by Gasteiger charge is -2.07. The Labute approximate surface area is 108 Å². The molecule has 2 heteroatoms. The third-order valence-electron chi connectivity index (χ3n) is 2.69. The number of thioether (sulfide) groups is 1. The minimum Gasteiger partial charge on any atom is -0.207 e. The molecule has 0 fully saturated rings. The molecule has 0 aromatic heterocycles. The molecular formula is C15H19FS. The van der Waals surface area contributed by atoms with Crippen LogP contribution in [0.3, 0.4) is 0 Å². The zero-order valence-electron chi connectivity index (χ0n) is 10.7. The largest absolute Gasteiger partial charge is 0.207 e. The number of halogens is 1. The fourth-order valence-corrected chi connectivity index (χ4v) is 2.06. The van der Waals surface area contributed by atoms with Crippen LogP contribution < -0.4 is 0 Å². The first-order valence-electron chi connectivity index (χ1n) is 5.84. The Bertz CT molecular complexity index is 410. The molecule has 17 heavy (non-hydrogen) atoms. The van der Waals surface area contributed by atoms with E-state index in [1.165, 1.54) is 0 Å². The fourth-order valence-electron chi connectivity index (χ4n) is 1.41. The lowest BCUT2D eigenvalue weighted by atomic mass is 10.1. The number of rotatable bonds is 5. The Balaban J connectivity index is 2.76. The zero-order valence-corrected chi connectivity index (χ0v) is 11.5. The number of unbranched alkanes of at least 4 members (excludes halogenated alkanes) is 1. The predicted molar refractivity (Wildman–Crippen MR) is 76.5 cm³/mol. The van der Waals surface area contributed by atoms with Gasteiger partial charge in [0.25, 0.3) is 0 Å². The third kappa shape index (κ3) is 4.04. The molecule has 1 aromatic rings. The number of aryl methyl sites for hydroxylation is 1. The summed E-state index contributed by atoms with van der Waals surface area (Å²) in [6.45, 7) is 9.84. The highest BCUT2D eigenvalue weighted by atomic mass is 32.2. The van der Waals surface area contributed by atoms with E-state index in [-0.39, 0.29) is 5.82 Å². The first-order valence-corrected chi connectivity index (χ1v) is 6.72. The fraction of sp³-hybridized carbons (Fsp3) is 0.333. The van der Waals surface area contributed by atoms with Gasteiger partial charge in [0.2, 0.25) is 0 Å². The predicted octanol–water partition coefficient (Wildman–Crippen LogP) is 5.46. The van der Waals surface area contributed by atoms with Gasteiger partial charge in [0, 0.05) is 4.91 Å². The molecule has 0 spiro atoms. The van der Waals surface area contributed by atoms with Crippen LogP contribution in [0.1, 0.15) is 36.5 Å². The van der Waals surface area contributed by atoms with Crippen LogP contribution in [0.4, 0.5) is 4.39 Å². The Hall–Kier alpha value is -1.02. The van der Waals surface area contributed by atoms with Crippen molar-refractivity contribution in [3.05, 3.63) is 52.7 Å². The van der Waals surface area contributed by atoms with Gasteiger partial charge in [0.05, 0.1) is 0 Å². The molecule has 0 radical (unpaired) electrons.